The highest BCUT2D eigenvalue weighted by Gasteiger charge is 2.12. The quantitative estimate of drug-likeness (QED) is 0.393. The molecule has 0 bridgehead atoms. The minimum absolute atomic E-state index is 0.0352. The van der Waals surface area contributed by atoms with E-state index in [0.29, 0.717) is 59.2 Å². The molecule has 0 spiro atoms. The van der Waals surface area contributed by atoms with Crippen LogP contribution < -0.4 is 10.0 Å². The minimum atomic E-state index is -3.46. The Hall–Kier alpha value is -1.52. The summed E-state index contributed by atoms with van der Waals surface area (Å²) in [6, 6.07) is 6.74. The second kappa shape index (κ2) is 14.5. The van der Waals surface area contributed by atoms with Crippen LogP contribution in [0, 0.1) is 6.92 Å². The Kier molecular flexibility index (Phi) is 12.7. The van der Waals surface area contributed by atoms with Gasteiger partial charge in [0.15, 0.2) is 0 Å². The number of hydrogen-bond acceptors (Lipinski definition) is 6. The van der Waals surface area contributed by atoms with Gasteiger partial charge in [0.05, 0.1) is 31.3 Å². The molecule has 1 rings (SSSR count). The standard InChI is InChI=1S/C19H32N2O6S/c1-17-5-7-19(8-6-17)28(23,24)21-10-4-12-26-14-16-27-15-13-25-11-3-9-20-18(2)22/h5-8,21H,3-4,9-16H2,1-2H3,(H,20,22). The lowest BCUT2D eigenvalue weighted by molar-refractivity contribution is -0.119. The SMILES string of the molecule is CC(=O)NCCCOCCOCCOCCCNS(=O)(=O)c1ccc(C)cc1. The third kappa shape index (κ3) is 12.0. The van der Waals surface area contributed by atoms with Gasteiger partial charge in [0.25, 0.3) is 0 Å². The number of ether oxygens (including phenoxy) is 3. The number of benzene rings is 1. The first-order valence-corrected chi connectivity index (χ1v) is 10.9. The molecule has 0 aliphatic heterocycles. The van der Waals surface area contributed by atoms with E-state index in [1.807, 2.05) is 6.92 Å². The zero-order chi connectivity index (χ0) is 20.7. The van der Waals surface area contributed by atoms with Crippen molar-refractivity contribution in [2.75, 3.05) is 52.7 Å². The van der Waals surface area contributed by atoms with Crippen molar-refractivity contribution in [2.45, 2.75) is 31.6 Å². The number of nitrogens with one attached hydrogen (secondary N) is 2. The van der Waals surface area contributed by atoms with Crippen LogP contribution in [0.2, 0.25) is 0 Å². The second-order valence-corrected chi connectivity index (χ2v) is 8.00. The van der Waals surface area contributed by atoms with Crippen molar-refractivity contribution >= 4 is 15.9 Å². The molecule has 0 aliphatic carbocycles. The maximum atomic E-state index is 12.1. The largest absolute Gasteiger partial charge is 0.379 e. The molecular formula is C19H32N2O6S. The average molecular weight is 417 g/mol. The number of sulfonamides is 1. The monoisotopic (exact) mass is 416 g/mol. The predicted molar refractivity (Wildman–Crippen MR) is 107 cm³/mol. The van der Waals surface area contributed by atoms with Gasteiger partial charge in [-0.2, -0.15) is 0 Å². The van der Waals surface area contributed by atoms with Gasteiger partial charge in [-0.15, -0.1) is 0 Å². The Balaban J connectivity index is 1.90. The number of carbonyl (C=O) groups excluding carboxylic acids is 1. The van der Waals surface area contributed by atoms with Crippen molar-refractivity contribution in [3.8, 4) is 0 Å². The molecule has 0 aliphatic rings. The Morgan fingerprint density at radius 1 is 0.857 bits per heavy atom. The molecule has 0 fully saturated rings. The zero-order valence-electron chi connectivity index (χ0n) is 16.7. The number of rotatable bonds is 16. The topological polar surface area (TPSA) is 103 Å². The first-order chi connectivity index (χ1) is 13.4. The lowest BCUT2D eigenvalue weighted by Crippen LogP contribution is -2.25. The molecule has 0 saturated carbocycles. The van der Waals surface area contributed by atoms with Crippen LogP contribution in [0.5, 0.6) is 0 Å². The van der Waals surface area contributed by atoms with Crippen molar-refractivity contribution in [1.82, 2.24) is 10.0 Å². The zero-order valence-corrected chi connectivity index (χ0v) is 17.6. The molecule has 1 aromatic carbocycles. The fraction of sp³-hybridized carbons (Fsp3) is 0.632. The molecular weight excluding hydrogens is 384 g/mol. The van der Waals surface area contributed by atoms with Gasteiger partial charge in [-0.1, -0.05) is 17.7 Å². The molecule has 0 atom stereocenters. The van der Waals surface area contributed by atoms with Gasteiger partial charge in [-0.05, 0) is 31.9 Å². The number of aryl methyl sites for hydroxylation is 1. The summed E-state index contributed by atoms with van der Waals surface area (Å²) in [6.45, 7) is 7.28. The van der Waals surface area contributed by atoms with Crippen molar-refractivity contribution in [2.24, 2.45) is 0 Å². The first-order valence-electron chi connectivity index (χ1n) is 9.46. The highest BCUT2D eigenvalue weighted by molar-refractivity contribution is 7.89. The molecule has 160 valence electrons. The highest BCUT2D eigenvalue weighted by atomic mass is 32.2. The van der Waals surface area contributed by atoms with E-state index in [4.69, 9.17) is 14.2 Å². The summed E-state index contributed by atoms with van der Waals surface area (Å²) in [6.07, 6.45) is 1.36. The maximum absolute atomic E-state index is 12.1. The molecule has 1 aromatic rings. The Labute approximate surface area is 168 Å². The van der Waals surface area contributed by atoms with E-state index in [-0.39, 0.29) is 10.8 Å². The van der Waals surface area contributed by atoms with Gasteiger partial charge in [0.1, 0.15) is 0 Å². The fourth-order valence-electron chi connectivity index (χ4n) is 2.16. The number of carbonyl (C=O) groups is 1. The van der Waals surface area contributed by atoms with Crippen LogP contribution >= 0.6 is 0 Å². The summed E-state index contributed by atoms with van der Waals surface area (Å²) in [4.78, 5) is 10.9. The minimum Gasteiger partial charge on any atom is -0.379 e. The van der Waals surface area contributed by atoms with E-state index < -0.39 is 10.0 Å². The van der Waals surface area contributed by atoms with E-state index in [0.717, 1.165) is 12.0 Å². The first kappa shape index (κ1) is 24.5. The van der Waals surface area contributed by atoms with Gasteiger partial charge in [0, 0.05) is 33.2 Å². The predicted octanol–water partition coefficient (Wildman–Crippen LogP) is 1.24. The number of hydrogen-bond donors (Lipinski definition) is 2. The molecule has 0 heterocycles. The van der Waals surface area contributed by atoms with Gasteiger partial charge < -0.3 is 19.5 Å². The van der Waals surface area contributed by atoms with Crippen LogP contribution in [-0.4, -0.2) is 67.1 Å². The molecule has 1 amide bonds. The van der Waals surface area contributed by atoms with Crippen molar-refractivity contribution in [1.29, 1.82) is 0 Å². The summed E-state index contributed by atoms with van der Waals surface area (Å²) in [5, 5.41) is 2.70. The van der Waals surface area contributed by atoms with Crippen LogP contribution in [0.1, 0.15) is 25.3 Å². The molecule has 28 heavy (non-hydrogen) atoms. The Morgan fingerprint density at radius 3 is 1.89 bits per heavy atom. The molecule has 8 nitrogen and oxygen atoms in total. The van der Waals surface area contributed by atoms with Crippen LogP contribution in [-0.2, 0) is 29.0 Å². The van der Waals surface area contributed by atoms with Crippen LogP contribution in [0.15, 0.2) is 29.2 Å². The van der Waals surface area contributed by atoms with E-state index in [2.05, 4.69) is 10.0 Å². The van der Waals surface area contributed by atoms with Crippen molar-refractivity contribution in [3.05, 3.63) is 29.8 Å². The average Bonchev–Trinajstić information content (AvgIpc) is 2.65. The van der Waals surface area contributed by atoms with Gasteiger partial charge in [-0.25, -0.2) is 13.1 Å². The Morgan fingerprint density at radius 2 is 1.36 bits per heavy atom. The van der Waals surface area contributed by atoms with Crippen molar-refractivity contribution in [3.63, 3.8) is 0 Å². The smallest absolute Gasteiger partial charge is 0.240 e. The number of amides is 1. The lowest BCUT2D eigenvalue weighted by Gasteiger charge is -2.08. The van der Waals surface area contributed by atoms with Gasteiger partial charge >= 0.3 is 0 Å². The third-order valence-electron chi connectivity index (χ3n) is 3.67. The molecule has 9 heteroatoms. The normalized spacial score (nSPS) is 11.5. The molecule has 0 aromatic heterocycles. The highest BCUT2D eigenvalue weighted by Crippen LogP contribution is 2.09. The lowest BCUT2D eigenvalue weighted by atomic mass is 10.2. The van der Waals surface area contributed by atoms with E-state index >= 15 is 0 Å². The summed E-state index contributed by atoms with van der Waals surface area (Å²) >= 11 is 0. The summed E-state index contributed by atoms with van der Waals surface area (Å²) in [5.41, 5.74) is 1.02. The van der Waals surface area contributed by atoms with E-state index in [9.17, 15) is 13.2 Å². The Bertz CT molecular complexity index is 649. The van der Waals surface area contributed by atoms with Gasteiger partial charge in [-0.3, -0.25) is 4.79 Å². The molecule has 0 unspecified atom stereocenters. The summed E-state index contributed by atoms with van der Waals surface area (Å²) < 4.78 is 42.9. The van der Waals surface area contributed by atoms with Crippen LogP contribution in [0.4, 0.5) is 0 Å². The molecule has 2 N–H and O–H groups in total. The summed E-state index contributed by atoms with van der Waals surface area (Å²) in [5.74, 6) is -0.0352. The molecule has 0 radical (unpaired) electrons. The van der Waals surface area contributed by atoms with Crippen molar-refractivity contribution < 1.29 is 27.4 Å². The fourth-order valence-corrected chi connectivity index (χ4v) is 3.24. The van der Waals surface area contributed by atoms with E-state index in [1.165, 1.54) is 6.92 Å². The molecule has 0 saturated heterocycles. The third-order valence-corrected chi connectivity index (χ3v) is 5.15. The summed E-state index contributed by atoms with van der Waals surface area (Å²) in [7, 11) is -3.46. The van der Waals surface area contributed by atoms with Gasteiger partial charge in [0.2, 0.25) is 15.9 Å². The second-order valence-electron chi connectivity index (χ2n) is 6.24. The van der Waals surface area contributed by atoms with Crippen LogP contribution in [0.3, 0.4) is 0 Å². The van der Waals surface area contributed by atoms with E-state index in [1.54, 1.807) is 24.3 Å². The maximum Gasteiger partial charge on any atom is 0.240 e. The van der Waals surface area contributed by atoms with Crippen LogP contribution in [0.25, 0.3) is 0 Å².